The van der Waals surface area contributed by atoms with Gasteiger partial charge in [-0.05, 0) is 31.0 Å². The molecule has 1 aromatic heterocycles. The Morgan fingerprint density at radius 2 is 1.82 bits per heavy atom. The highest BCUT2D eigenvalue weighted by atomic mass is 32.1. The number of benzene rings is 1. The molecule has 2 rings (SSSR count). The lowest BCUT2D eigenvalue weighted by Gasteiger charge is -2.24. The molecule has 0 aliphatic heterocycles. The average molecular weight is 318 g/mol. The van der Waals surface area contributed by atoms with Crippen LogP contribution in [0, 0.1) is 0 Å². The van der Waals surface area contributed by atoms with E-state index in [1.54, 1.807) is 18.3 Å². The van der Waals surface area contributed by atoms with Gasteiger partial charge in [0.1, 0.15) is 5.60 Å². The van der Waals surface area contributed by atoms with Crippen LogP contribution in [0.2, 0.25) is 0 Å². The molecule has 1 aromatic carbocycles. The summed E-state index contributed by atoms with van der Waals surface area (Å²) in [5.41, 5.74) is -0.308. The number of carbonyl (C=O) groups excluding carboxylic acids is 1. The summed E-state index contributed by atoms with van der Waals surface area (Å²) in [6.07, 6.45) is 1.01. The molecular formula is C17H22N2O2S. The Hall–Kier alpha value is -1.85. The smallest absolute Gasteiger partial charge is 0.315 e. The van der Waals surface area contributed by atoms with E-state index in [4.69, 9.17) is 0 Å². The third-order valence-electron chi connectivity index (χ3n) is 3.48. The molecule has 1 atom stereocenters. The van der Waals surface area contributed by atoms with Gasteiger partial charge < -0.3 is 15.7 Å². The minimum atomic E-state index is -1.09. The van der Waals surface area contributed by atoms with Gasteiger partial charge in [0.25, 0.3) is 0 Å². The van der Waals surface area contributed by atoms with Crippen molar-refractivity contribution >= 4 is 17.4 Å². The lowest BCUT2D eigenvalue weighted by Crippen LogP contribution is -2.43. The number of hydrogen-bond acceptors (Lipinski definition) is 3. The van der Waals surface area contributed by atoms with E-state index in [2.05, 4.69) is 23.6 Å². The van der Waals surface area contributed by atoms with Crippen LogP contribution in [-0.2, 0) is 18.6 Å². The van der Waals surface area contributed by atoms with Crippen molar-refractivity contribution in [2.75, 3.05) is 6.54 Å². The molecular weight excluding hydrogens is 296 g/mol. The second kappa shape index (κ2) is 7.42. The lowest BCUT2D eigenvalue weighted by molar-refractivity contribution is 0.0594. The Morgan fingerprint density at radius 3 is 2.45 bits per heavy atom. The molecule has 0 fully saturated rings. The molecule has 3 N–H and O–H groups in total. The van der Waals surface area contributed by atoms with Crippen molar-refractivity contribution in [3.8, 4) is 0 Å². The van der Waals surface area contributed by atoms with Crippen LogP contribution < -0.4 is 10.6 Å². The molecule has 0 saturated heterocycles. The van der Waals surface area contributed by atoms with E-state index in [0.29, 0.717) is 6.54 Å². The topological polar surface area (TPSA) is 61.4 Å². The number of carbonyl (C=O) groups is 1. The largest absolute Gasteiger partial charge is 0.384 e. The highest BCUT2D eigenvalue weighted by Crippen LogP contribution is 2.19. The fourth-order valence-electron chi connectivity index (χ4n) is 2.09. The highest BCUT2D eigenvalue weighted by Gasteiger charge is 2.23. The summed E-state index contributed by atoms with van der Waals surface area (Å²) >= 11 is 1.70. The van der Waals surface area contributed by atoms with Crippen LogP contribution >= 0.6 is 11.3 Å². The maximum absolute atomic E-state index is 11.8. The second-order valence-electron chi connectivity index (χ2n) is 5.40. The zero-order valence-electron chi connectivity index (χ0n) is 12.9. The van der Waals surface area contributed by atoms with Crippen LogP contribution in [0.5, 0.6) is 0 Å². The molecule has 5 heteroatoms. The number of urea groups is 1. The van der Waals surface area contributed by atoms with Gasteiger partial charge in [0.2, 0.25) is 0 Å². The number of hydrogen-bond donors (Lipinski definition) is 3. The lowest BCUT2D eigenvalue weighted by atomic mass is 9.96. The zero-order valence-corrected chi connectivity index (χ0v) is 13.7. The van der Waals surface area contributed by atoms with Crippen LogP contribution in [0.1, 0.15) is 29.2 Å². The Labute approximate surface area is 135 Å². The summed E-state index contributed by atoms with van der Waals surface area (Å²) in [5, 5.41) is 15.9. The molecule has 118 valence electrons. The molecule has 0 aliphatic carbocycles. The van der Waals surface area contributed by atoms with Crippen molar-refractivity contribution in [3.05, 3.63) is 57.8 Å². The first kappa shape index (κ1) is 16.5. The van der Waals surface area contributed by atoms with Crippen LogP contribution in [0.25, 0.3) is 0 Å². The van der Waals surface area contributed by atoms with E-state index in [-0.39, 0.29) is 12.6 Å². The first-order valence-electron chi connectivity index (χ1n) is 7.38. The monoisotopic (exact) mass is 318 g/mol. The van der Waals surface area contributed by atoms with Crippen LogP contribution in [-0.4, -0.2) is 17.7 Å². The fraction of sp³-hybridized carbons (Fsp3) is 0.353. The minimum absolute atomic E-state index is 0.160. The molecule has 1 heterocycles. The maximum atomic E-state index is 11.8. The first-order chi connectivity index (χ1) is 10.5. The summed E-state index contributed by atoms with van der Waals surface area (Å²) in [4.78, 5) is 14.3. The quantitative estimate of drug-likeness (QED) is 0.767. The van der Waals surface area contributed by atoms with Gasteiger partial charge in [-0.25, -0.2) is 4.79 Å². The summed E-state index contributed by atoms with van der Waals surface area (Å²) < 4.78 is 0. The van der Waals surface area contributed by atoms with Crippen molar-refractivity contribution in [1.82, 2.24) is 10.6 Å². The SMILES string of the molecule is CCc1ccc(CNC(=O)NCC(C)(O)c2ccccc2)s1. The van der Waals surface area contributed by atoms with Crippen LogP contribution in [0.4, 0.5) is 4.79 Å². The fourth-order valence-corrected chi connectivity index (χ4v) is 2.99. The standard InChI is InChI=1S/C17H22N2O2S/c1-3-14-9-10-15(22-14)11-18-16(20)19-12-17(2,21)13-7-5-4-6-8-13/h4-10,21H,3,11-12H2,1-2H3,(H2,18,19,20). The van der Waals surface area contributed by atoms with E-state index in [9.17, 15) is 9.90 Å². The molecule has 0 spiro atoms. The third kappa shape index (κ3) is 4.58. The van der Waals surface area contributed by atoms with Crippen molar-refractivity contribution in [3.63, 3.8) is 0 Å². The van der Waals surface area contributed by atoms with Gasteiger partial charge in [-0.1, -0.05) is 37.3 Å². The molecule has 22 heavy (non-hydrogen) atoms. The summed E-state index contributed by atoms with van der Waals surface area (Å²) in [6, 6.07) is 13.2. The molecule has 0 bridgehead atoms. The Kier molecular flexibility index (Phi) is 5.57. The Balaban J connectivity index is 1.80. The van der Waals surface area contributed by atoms with E-state index < -0.39 is 5.60 Å². The first-order valence-corrected chi connectivity index (χ1v) is 8.20. The van der Waals surface area contributed by atoms with Crippen molar-refractivity contribution in [2.45, 2.75) is 32.4 Å². The van der Waals surface area contributed by atoms with Gasteiger partial charge in [-0.3, -0.25) is 0 Å². The number of aryl methyl sites for hydroxylation is 1. The number of nitrogens with one attached hydrogen (secondary N) is 2. The highest BCUT2D eigenvalue weighted by molar-refractivity contribution is 7.11. The van der Waals surface area contributed by atoms with Crippen molar-refractivity contribution in [2.24, 2.45) is 0 Å². The predicted octanol–water partition coefficient (Wildman–Crippen LogP) is 3.02. The maximum Gasteiger partial charge on any atom is 0.315 e. The third-order valence-corrected chi connectivity index (χ3v) is 4.71. The van der Waals surface area contributed by atoms with Gasteiger partial charge in [0.15, 0.2) is 0 Å². The number of thiophene rings is 1. The minimum Gasteiger partial charge on any atom is -0.384 e. The van der Waals surface area contributed by atoms with Crippen molar-refractivity contribution in [1.29, 1.82) is 0 Å². The number of amides is 2. The summed E-state index contributed by atoms with van der Waals surface area (Å²) in [7, 11) is 0. The predicted molar refractivity (Wildman–Crippen MR) is 89.9 cm³/mol. The normalized spacial score (nSPS) is 13.4. The van der Waals surface area contributed by atoms with E-state index in [1.165, 1.54) is 4.88 Å². The van der Waals surface area contributed by atoms with Gasteiger partial charge in [0.05, 0.1) is 13.1 Å². The van der Waals surface area contributed by atoms with Gasteiger partial charge in [-0.15, -0.1) is 11.3 Å². The van der Waals surface area contributed by atoms with Gasteiger partial charge in [-0.2, -0.15) is 0 Å². The van der Waals surface area contributed by atoms with E-state index in [0.717, 1.165) is 16.9 Å². The molecule has 4 nitrogen and oxygen atoms in total. The molecule has 2 amide bonds. The average Bonchev–Trinajstić information content (AvgIpc) is 3.00. The molecule has 0 saturated carbocycles. The van der Waals surface area contributed by atoms with Crippen molar-refractivity contribution < 1.29 is 9.90 Å². The molecule has 1 unspecified atom stereocenters. The van der Waals surface area contributed by atoms with Crippen LogP contribution in [0.3, 0.4) is 0 Å². The zero-order chi connectivity index (χ0) is 16.0. The van der Waals surface area contributed by atoms with Gasteiger partial charge >= 0.3 is 6.03 Å². The molecule has 0 radical (unpaired) electrons. The van der Waals surface area contributed by atoms with E-state index >= 15 is 0 Å². The summed E-state index contributed by atoms with van der Waals surface area (Å²) in [6.45, 7) is 4.47. The number of aliphatic hydroxyl groups is 1. The van der Waals surface area contributed by atoms with E-state index in [1.807, 2.05) is 36.4 Å². The Bertz CT molecular complexity index is 608. The number of rotatable bonds is 6. The Morgan fingerprint density at radius 1 is 1.14 bits per heavy atom. The molecule has 2 aromatic rings. The molecule has 0 aliphatic rings. The second-order valence-corrected chi connectivity index (χ2v) is 6.65. The van der Waals surface area contributed by atoms with Crippen LogP contribution in [0.15, 0.2) is 42.5 Å². The summed E-state index contributed by atoms with van der Waals surface area (Å²) in [5.74, 6) is 0. The van der Waals surface area contributed by atoms with Gasteiger partial charge in [0, 0.05) is 9.75 Å².